The summed E-state index contributed by atoms with van der Waals surface area (Å²) in [6.07, 6.45) is 2.55. The van der Waals surface area contributed by atoms with Gasteiger partial charge in [0.1, 0.15) is 11.6 Å². The number of benzene rings is 2. The second-order valence-corrected chi connectivity index (χ2v) is 8.81. The molecule has 0 spiro atoms. The van der Waals surface area contributed by atoms with Crippen molar-refractivity contribution in [3.05, 3.63) is 65.4 Å². The number of hydrogen-bond acceptors (Lipinski definition) is 5. The van der Waals surface area contributed by atoms with E-state index in [0.29, 0.717) is 6.42 Å². The van der Waals surface area contributed by atoms with Crippen molar-refractivity contribution < 1.29 is 9.53 Å². The van der Waals surface area contributed by atoms with Gasteiger partial charge in [-0.3, -0.25) is 4.79 Å². The average molecular weight is 433 g/mol. The number of carbonyl (C=O) groups is 1. The Balaban J connectivity index is 1.51. The minimum atomic E-state index is -0.0448. The lowest BCUT2D eigenvalue weighted by Gasteiger charge is -2.24. The third kappa shape index (κ3) is 3.70. The molecule has 158 valence electrons. The predicted molar refractivity (Wildman–Crippen MR) is 123 cm³/mol. The molecule has 7 heteroatoms. The van der Waals surface area contributed by atoms with E-state index in [2.05, 4.69) is 24.4 Å². The van der Waals surface area contributed by atoms with E-state index in [1.165, 1.54) is 0 Å². The number of aromatic nitrogens is 3. The normalized spacial score (nSPS) is 15.7. The molecule has 5 rings (SSSR count). The van der Waals surface area contributed by atoms with Gasteiger partial charge >= 0.3 is 0 Å². The summed E-state index contributed by atoms with van der Waals surface area (Å²) in [5.41, 5.74) is 3.98. The van der Waals surface area contributed by atoms with Gasteiger partial charge < -0.3 is 10.1 Å². The molecule has 0 saturated carbocycles. The maximum absolute atomic E-state index is 12.6. The largest absolute Gasteiger partial charge is 0.494 e. The van der Waals surface area contributed by atoms with Crippen LogP contribution in [0.3, 0.4) is 0 Å². The molecule has 4 aromatic rings. The minimum absolute atomic E-state index is 0.0111. The highest BCUT2D eigenvalue weighted by molar-refractivity contribution is 7.20. The van der Waals surface area contributed by atoms with Gasteiger partial charge in [0.05, 0.1) is 22.5 Å². The lowest BCUT2D eigenvalue weighted by Crippen LogP contribution is -2.24. The second kappa shape index (κ2) is 8.15. The van der Waals surface area contributed by atoms with E-state index in [1.54, 1.807) is 16.0 Å². The Morgan fingerprint density at radius 1 is 1.19 bits per heavy atom. The molecular weight excluding hydrogens is 408 g/mol. The fraction of sp³-hybridized carbons (Fsp3) is 0.292. The Hall–Kier alpha value is -3.19. The Labute approximate surface area is 184 Å². The highest BCUT2D eigenvalue weighted by Gasteiger charge is 2.33. The quantitative estimate of drug-likeness (QED) is 0.412. The van der Waals surface area contributed by atoms with Crippen LogP contribution in [0.15, 0.2) is 48.5 Å². The number of unbranched alkanes of at least 4 members (excludes halogenated alkanes) is 1. The fourth-order valence-corrected chi connectivity index (χ4v) is 4.98. The van der Waals surface area contributed by atoms with Crippen molar-refractivity contribution in [1.82, 2.24) is 14.8 Å². The minimum Gasteiger partial charge on any atom is -0.494 e. The van der Waals surface area contributed by atoms with Gasteiger partial charge in [0.15, 0.2) is 0 Å². The number of fused-ring (bicyclic) bond motifs is 2. The number of hydrogen-bond donors (Lipinski definition) is 1. The summed E-state index contributed by atoms with van der Waals surface area (Å²) in [6.45, 7) is 4.87. The van der Waals surface area contributed by atoms with Crippen LogP contribution < -0.4 is 10.1 Å². The summed E-state index contributed by atoms with van der Waals surface area (Å²) in [4.78, 5) is 17.3. The van der Waals surface area contributed by atoms with E-state index >= 15 is 0 Å². The first-order valence-corrected chi connectivity index (χ1v) is 11.4. The molecule has 2 aromatic carbocycles. The number of anilines is 1. The molecular formula is C24H24N4O2S. The van der Waals surface area contributed by atoms with Crippen LogP contribution in [0.2, 0.25) is 0 Å². The first-order valence-electron chi connectivity index (χ1n) is 10.6. The monoisotopic (exact) mass is 432 g/mol. The maximum Gasteiger partial charge on any atom is 0.226 e. The van der Waals surface area contributed by atoms with E-state index in [4.69, 9.17) is 14.8 Å². The van der Waals surface area contributed by atoms with Gasteiger partial charge in [0, 0.05) is 17.9 Å². The van der Waals surface area contributed by atoms with Crippen LogP contribution in [-0.4, -0.2) is 27.3 Å². The fourth-order valence-electron chi connectivity index (χ4n) is 4.05. The molecule has 1 N–H and O–H groups in total. The number of nitrogens with one attached hydrogen (secondary N) is 1. The molecule has 0 saturated heterocycles. The summed E-state index contributed by atoms with van der Waals surface area (Å²) in [5, 5.41) is 8.56. The second-order valence-electron chi connectivity index (χ2n) is 7.80. The molecule has 1 amide bonds. The third-order valence-corrected chi connectivity index (χ3v) is 6.63. The molecule has 0 bridgehead atoms. The lowest BCUT2D eigenvalue weighted by atomic mass is 9.86. The highest BCUT2D eigenvalue weighted by Crippen LogP contribution is 2.41. The van der Waals surface area contributed by atoms with Gasteiger partial charge in [-0.2, -0.15) is 9.78 Å². The van der Waals surface area contributed by atoms with Gasteiger partial charge in [0.2, 0.25) is 11.0 Å². The van der Waals surface area contributed by atoms with Crippen molar-refractivity contribution in [3.8, 4) is 10.9 Å². The first kappa shape index (κ1) is 19.8. The number of thiazole rings is 1. The Morgan fingerprint density at radius 3 is 2.77 bits per heavy atom. The third-order valence-electron chi connectivity index (χ3n) is 5.62. The molecule has 1 atom stereocenters. The lowest BCUT2D eigenvalue weighted by molar-refractivity contribution is -0.116. The zero-order valence-corrected chi connectivity index (χ0v) is 18.4. The van der Waals surface area contributed by atoms with Gasteiger partial charge in [-0.05, 0) is 43.2 Å². The van der Waals surface area contributed by atoms with Crippen LogP contribution in [0.4, 0.5) is 5.82 Å². The zero-order chi connectivity index (χ0) is 21.4. The number of nitrogens with zero attached hydrogens (tertiary/aromatic N) is 3. The molecule has 6 nitrogen and oxygen atoms in total. The molecule has 0 fully saturated rings. The van der Waals surface area contributed by atoms with E-state index in [0.717, 1.165) is 63.2 Å². The topological polar surface area (TPSA) is 69.0 Å². The number of ether oxygens (including phenoxy) is 1. The zero-order valence-electron chi connectivity index (χ0n) is 17.6. The molecule has 0 unspecified atom stereocenters. The van der Waals surface area contributed by atoms with E-state index in [9.17, 15) is 4.79 Å². The molecule has 31 heavy (non-hydrogen) atoms. The maximum atomic E-state index is 12.6. The van der Waals surface area contributed by atoms with Gasteiger partial charge in [0.25, 0.3) is 0 Å². The van der Waals surface area contributed by atoms with Crippen molar-refractivity contribution in [2.45, 2.75) is 39.0 Å². The summed E-state index contributed by atoms with van der Waals surface area (Å²) in [6, 6.07) is 16.1. The number of aryl methyl sites for hydroxylation is 1. The predicted octanol–water partition coefficient (Wildman–Crippen LogP) is 5.44. The van der Waals surface area contributed by atoms with Crippen molar-refractivity contribution >= 4 is 33.3 Å². The SMILES string of the molecule is CCCCOc1ccc([C@@H]2CC(=O)Nc3c2c(C)nn3-c2nc3ccccc3s2)cc1. The molecule has 3 heterocycles. The van der Waals surface area contributed by atoms with Crippen molar-refractivity contribution in [3.63, 3.8) is 0 Å². The number of rotatable bonds is 6. The van der Waals surface area contributed by atoms with Crippen LogP contribution in [0.1, 0.15) is 48.9 Å². The van der Waals surface area contributed by atoms with Crippen molar-refractivity contribution in [1.29, 1.82) is 0 Å². The molecule has 2 aromatic heterocycles. The molecule has 0 radical (unpaired) electrons. The van der Waals surface area contributed by atoms with E-state index in [1.807, 2.05) is 43.3 Å². The van der Waals surface area contributed by atoms with Crippen molar-refractivity contribution in [2.24, 2.45) is 0 Å². The molecule has 0 aliphatic carbocycles. The number of para-hydroxylation sites is 1. The average Bonchev–Trinajstić information content (AvgIpc) is 3.35. The number of amides is 1. The summed E-state index contributed by atoms with van der Waals surface area (Å²) in [5.74, 6) is 1.53. The molecule has 1 aliphatic heterocycles. The van der Waals surface area contributed by atoms with Gasteiger partial charge in [-0.1, -0.05) is 48.9 Å². The van der Waals surface area contributed by atoms with E-state index in [-0.39, 0.29) is 11.8 Å². The summed E-state index contributed by atoms with van der Waals surface area (Å²) >= 11 is 1.57. The van der Waals surface area contributed by atoms with E-state index < -0.39 is 0 Å². The van der Waals surface area contributed by atoms with Crippen LogP contribution in [0, 0.1) is 6.92 Å². The van der Waals surface area contributed by atoms with Gasteiger partial charge in [-0.25, -0.2) is 4.98 Å². The standard InChI is InChI=1S/C24H24N4O2S/c1-3-4-13-30-17-11-9-16(10-12-17)18-14-21(29)26-23-22(18)15(2)27-28(23)24-25-19-7-5-6-8-20(19)31-24/h5-12,18H,3-4,13-14H2,1-2H3,(H,26,29)/t18-/m0/s1. The Bertz CT molecular complexity index is 1210. The van der Waals surface area contributed by atoms with Crippen molar-refractivity contribution in [2.75, 3.05) is 11.9 Å². The van der Waals surface area contributed by atoms with Crippen LogP contribution in [0.5, 0.6) is 5.75 Å². The smallest absolute Gasteiger partial charge is 0.226 e. The summed E-state index contributed by atoms with van der Waals surface area (Å²) < 4.78 is 8.66. The van der Waals surface area contributed by atoms with Gasteiger partial charge in [-0.15, -0.1) is 0 Å². The van der Waals surface area contributed by atoms with Crippen LogP contribution in [-0.2, 0) is 4.79 Å². The first-order chi connectivity index (χ1) is 15.1. The Kier molecular flexibility index (Phi) is 5.19. The molecule has 1 aliphatic rings. The van der Waals surface area contributed by atoms with Crippen LogP contribution >= 0.6 is 11.3 Å². The van der Waals surface area contributed by atoms with Crippen LogP contribution in [0.25, 0.3) is 15.3 Å². The Morgan fingerprint density at radius 2 is 2.00 bits per heavy atom. The summed E-state index contributed by atoms with van der Waals surface area (Å²) in [7, 11) is 0. The number of carbonyl (C=O) groups excluding carboxylic acids is 1. The highest BCUT2D eigenvalue weighted by atomic mass is 32.1.